The molecule has 0 aromatic carbocycles. The number of hydrogen-bond donors (Lipinski definition) is 2. The molecule has 0 fully saturated rings. The third kappa shape index (κ3) is 57.6. The fraction of sp³-hybridized carbons (Fsp3) is 0.833. The van der Waals surface area contributed by atoms with Gasteiger partial charge in [-0.1, -0.05) is 13.8 Å². The normalized spacial score (nSPS) is 11.5. The second-order valence-electron chi connectivity index (χ2n) is 3.77. The smallest absolute Gasteiger partial charge is 0.550 e. The summed E-state index contributed by atoms with van der Waals surface area (Å²) in [5.41, 5.74) is 0. The van der Waals surface area contributed by atoms with Gasteiger partial charge < -0.3 is 20.1 Å². The van der Waals surface area contributed by atoms with Crippen molar-refractivity contribution in [3.63, 3.8) is 0 Å². The number of aliphatic carboxylic acids is 1. The monoisotopic (exact) mass is 276 g/mol. The number of aliphatic hydroxyl groups is 2. The molecule has 0 aliphatic carbocycles. The van der Waals surface area contributed by atoms with Crippen molar-refractivity contribution in [2.24, 2.45) is 0 Å². The third-order valence-corrected chi connectivity index (χ3v) is 1.57. The van der Waals surface area contributed by atoms with E-state index in [4.69, 9.17) is 10.2 Å². The van der Waals surface area contributed by atoms with Crippen LogP contribution in [0, 0.1) is 0 Å². The molecule has 0 aliphatic heterocycles. The maximum Gasteiger partial charge on any atom is 1.00 e. The van der Waals surface area contributed by atoms with E-state index >= 15 is 0 Å². The van der Waals surface area contributed by atoms with Crippen LogP contribution in [0.5, 0.6) is 0 Å². The van der Waals surface area contributed by atoms with Crippen molar-refractivity contribution in [2.75, 3.05) is 0 Å². The molecule has 0 bridgehead atoms. The largest absolute Gasteiger partial charge is 1.00 e. The number of Topliss-reactive ketones (excluding diaryl/α,β-unsaturated/α-hetero) is 1. The van der Waals surface area contributed by atoms with Gasteiger partial charge in [-0.25, -0.2) is 0 Å². The average molecular weight is 276 g/mol. The van der Waals surface area contributed by atoms with E-state index in [0.29, 0.717) is 0 Å². The number of carbonyl (C=O) groups excluding carboxylic acids is 2. The maximum absolute atomic E-state index is 9.83. The zero-order valence-corrected chi connectivity index (χ0v) is 13.1. The molecule has 0 spiro atoms. The Balaban J connectivity index is -0.0000000813. The number of hydrogen-bond acceptors (Lipinski definition) is 5. The first-order valence-electron chi connectivity index (χ1n) is 5.72. The molecule has 6 heteroatoms. The van der Waals surface area contributed by atoms with Crippen molar-refractivity contribution in [2.45, 2.75) is 66.1 Å². The first-order chi connectivity index (χ1) is 7.67. The minimum atomic E-state index is -1.31. The molecule has 18 heavy (non-hydrogen) atoms. The van der Waals surface area contributed by atoms with E-state index in [-0.39, 0.29) is 35.4 Å². The number of ketones is 1. The Kier molecular flexibility index (Phi) is 27.6. The van der Waals surface area contributed by atoms with Crippen LogP contribution in [0.4, 0.5) is 0 Å². The van der Waals surface area contributed by atoms with Crippen molar-refractivity contribution in [3.8, 4) is 0 Å². The van der Waals surface area contributed by atoms with Crippen LogP contribution >= 0.6 is 0 Å². The molecule has 0 aromatic heterocycles. The van der Waals surface area contributed by atoms with Gasteiger partial charge in [-0.2, -0.15) is 0 Å². The summed E-state index contributed by atoms with van der Waals surface area (Å²) in [6, 6.07) is 0. The van der Waals surface area contributed by atoms with Crippen molar-refractivity contribution in [1.82, 2.24) is 0 Å². The van der Waals surface area contributed by atoms with Crippen LogP contribution in [0.2, 0.25) is 0 Å². The summed E-state index contributed by atoms with van der Waals surface area (Å²) >= 11 is 0. The zero-order valence-electron chi connectivity index (χ0n) is 12.0. The predicted octanol–water partition coefficient (Wildman–Crippen LogP) is -0.111. The fourth-order valence-electron chi connectivity index (χ4n) is 0.203. The molecule has 106 valence electrons. The molecule has 2 radical (unpaired) electrons. The van der Waals surface area contributed by atoms with Crippen molar-refractivity contribution in [3.05, 3.63) is 0 Å². The van der Waals surface area contributed by atoms with Gasteiger partial charge in [0.2, 0.25) is 0 Å². The molecule has 0 amide bonds. The molecule has 0 saturated carbocycles. The Hall–Kier alpha value is -0.408. The molecular weight excluding hydrogens is 251 g/mol. The molecule has 2 unspecified atom stereocenters. The first-order valence-corrected chi connectivity index (χ1v) is 5.72. The van der Waals surface area contributed by atoms with Gasteiger partial charge in [0.1, 0.15) is 5.78 Å². The summed E-state index contributed by atoms with van der Waals surface area (Å²) in [7, 11) is 0. The summed E-state index contributed by atoms with van der Waals surface area (Å²) in [6.45, 7) is 8.66. The number of carboxylic acids is 1. The minimum Gasteiger partial charge on any atom is -0.550 e. The first kappa shape index (κ1) is 26.2. The number of carboxylic acid groups (broad SMARTS) is 1. The Morgan fingerprint density at radius 2 is 1.28 bits per heavy atom. The molecule has 2 N–H and O–H groups in total. The van der Waals surface area contributed by atoms with Gasteiger partial charge in [0.25, 0.3) is 0 Å². The second-order valence-corrected chi connectivity index (χ2v) is 3.77. The SMILES string of the molecule is CC(=O)CC(=O)[O-].CCC(C)O.CCC(C)O.[Al+]. The van der Waals surface area contributed by atoms with Crippen LogP contribution in [0.25, 0.3) is 0 Å². The number of rotatable bonds is 4. The molecular formula is C12H25AlO5. The summed E-state index contributed by atoms with van der Waals surface area (Å²) in [6.07, 6.45) is 1.02. The number of aliphatic hydroxyl groups excluding tert-OH is 2. The van der Waals surface area contributed by atoms with E-state index in [9.17, 15) is 14.7 Å². The number of carbonyl (C=O) groups is 2. The Morgan fingerprint density at radius 3 is 1.28 bits per heavy atom. The van der Waals surface area contributed by atoms with Crippen LogP contribution in [0.1, 0.15) is 53.9 Å². The van der Waals surface area contributed by atoms with Gasteiger partial charge in [0.05, 0.1) is 12.2 Å². The van der Waals surface area contributed by atoms with E-state index in [1.807, 2.05) is 13.8 Å². The summed E-state index contributed by atoms with van der Waals surface area (Å²) in [5, 5.41) is 26.2. The van der Waals surface area contributed by atoms with Crippen molar-refractivity contribution >= 4 is 29.1 Å². The van der Waals surface area contributed by atoms with E-state index in [2.05, 4.69) is 0 Å². The van der Waals surface area contributed by atoms with Crippen molar-refractivity contribution in [1.29, 1.82) is 0 Å². The van der Waals surface area contributed by atoms with Crippen LogP contribution in [-0.2, 0) is 9.59 Å². The van der Waals surface area contributed by atoms with E-state index in [1.54, 1.807) is 13.8 Å². The second kappa shape index (κ2) is 18.9. The van der Waals surface area contributed by atoms with Gasteiger partial charge in [-0.15, -0.1) is 0 Å². The van der Waals surface area contributed by atoms with Crippen molar-refractivity contribution < 1.29 is 24.9 Å². The summed E-state index contributed by atoms with van der Waals surface area (Å²) in [5.74, 6) is -1.69. The van der Waals surface area contributed by atoms with Gasteiger partial charge in [0.15, 0.2) is 0 Å². The zero-order chi connectivity index (χ0) is 14.4. The molecule has 2 atom stereocenters. The van der Waals surface area contributed by atoms with Gasteiger partial charge in [0, 0.05) is 12.4 Å². The van der Waals surface area contributed by atoms with E-state index < -0.39 is 12.4 Å². The third-order valence-electron chi connectivity index (χ3n) is 1.57. The molecule has 0 aromatic rings. The van der Waals surface area contributed by atoms with E-state index in [1.165, 1.54) is 6.92 Å². The Labute approximate surface area is 120 Å². The molecule has 0 heterocycles. The standard InChI is InChI=1S/C4H6O3.2C4H10O.Al/c1-3(5)2-4(6)7;2*1-3-4(2)5;/h2H2,1H3,(H,6,7);2*4-5H,3H2,1-2H3;/q;;;+1/p-1. The Morgan fingerprint density at radius 1 is 1.06 bits per heavy atom. The van der Waals surface area contributed by atoms with E-state index in [0.717, 1.165) is 12.8 Å². The van der Waals surface area contributed by atoms with Crippen LogP contribution < -0.4 is 5.11 Å². The molecule has 5 nitrogen and oxygen atoms in total. The fourth-order valence-corrected chi connectivity index (χ4v) is 0.203. The maximum atomic E-state index is 9.83. The Bertz CT molecular complexity index is 173. The summed E-state index contributed by atoms with van der Waals surface area (Å²) in [4.78, 5) is 19.3. The van der Waals surface area contributed by atoms with Gasteiger partial charge in [-0.3, -0.25) is 4.79 Å². The topological polar surface area (TPSA) is 97.7 Å². The summed E-state index contributed by atoms with van der Waals surface area (Å²) < 4.78 is 0. The average Bonchev–Trinajstić information content (AvgIpc) is 2.17. The quantitative estimate of drug-likeness (QED) is 0.551. The van der Waals surface area contributed by atoms with Gasteiger partial charge in [-0.05, 0) is 33.6 Å². The van der Waals surface area contributed by atoms with Crippen LogP contribution in [0.3, 0.4) is 0 Å². The minimum absolute atomic E-state index is 0. The molecule has 0 rings (SSSR count). The molecule has 0 aliphatic rings. The van der Waals surface area contributed by atoms with Crippen LogP contribution in [-0.4, -0.2) is 51.5 Å². The van der Waals surface area contributed by atoms with Gasteiger partial charge >= 0.3 is 17.4 Å². The predicted molar refractivity (Wildman–Crippen MR) is 70.0 cm³/mol. The molecule has 0 saturated heterocycles. The van der Waals surface area contributed by atoms with Crippen LogP contribution in [0.15, 0.2) is 0 Å².